The van der Waals surface area contributed by atoms with E-state index < -0.39 is 34.7 Å². The number of carbonyl (C=O) groups excluding carboxylic acids is 1. The van der Waals surface area contributed by atoms with Gasteiger partial charge >= 0.3 is 0 Å². The van der Waals surface area contributed by atoms with Crippen LogP contribution in [0.1, 0.15) is 10.4 Å². The molecule has 108 valence electrons. The highest BCUT2D eigenvalue weighted by molar-refractivity contribution is 5.97. The number of ketones is 1. The highest BCUT2D eigenvalue weighted by Gasteiger charge is 2.14. The summed E-state index contributed by atoms with van der Waals surface area (Å²) >= 11 is 0. The second kappa shape index (κ2) is 6.08. The Morgan fingerprint density at radius 1 is 1.10 bits per heavy atom. The summed E-state index contributed by atoms with van der Waals surface area (Å²) in [4.78, 5) is 21.7. The summed E-state index contributed by atoms with van der Waals surface area (Å²) in [5.41, 5.74) is -0.00929. The quantitative estimate of drug-likeness (QED) is 0.482. The number of nitrogens with zero attached hydrogens (tertiary/aromatic N) is 1. The average Bonchev–Trinajstić information content (AvgIpc) is 2.46. The number of benzene rings is 2. The van der Waals surface area contributed by atoms with E-state index in [0.29, 0.717) is 0 Å². The molecular formula is C14H9F2NO4. The minimum atomic E-state index is -0.911. The van der Waals surface area contributed by atoms with Gasteiger partial charge in [-0.05, 0) is 24.3 Å². The van der Waals surface area contributed by atoms with Crippen molar-refractivity contribution < 1.29 is 23.2 Å². The van der Waals surface area contributed by atoms with Gasteiger partial charge in [0.2, 0.25) is 0 Å². The molecule has 0 saturated carbocycles. The monoisotopic (exact) mass is 293 g/mol. The maximum absolute atomic E-state index is 13.3. The van der Waals surface area contributed by atoms with Crippen LogP contribution in [0.2, 0.25) is 0 Å². The van der Waals surface area contributed by atoms with E-state index in [2.05, 4.69) is 0 Å². The zero-order valence-electron chi connectivity index (χ0n) is 10.6. The molecule has 2 rings (SSSR count). The van der Waals surface area contributed by atoms with Gasteiger partial charge in [0.25, 0.3) is 5.69 Å². The van der Waals surface area contributed by atoms with Gasteiger partial charge in [0.05, 0.1) is 4.92 Å². The molecule has 0 aliphatic carbocycles. The van der Waals surface area contributed by atoms with E-state index in [1.54, 1.807) is 0 Å². The van der Waals surface area contributed by atoms with E-state index in [4.69, 9.17) is 4.74 Å². The molecule has 0 amide bonds. The van der Waals surface area contributed by atoms with Gasteiger partial charge in [0.15, 0.2) is 29.8 Å². The van der Waals surface area contributed by atoms with Crippen molar-refractivity contribution in [2.45, 2.75) is 0 Å². The van der Waals surface area contributed by atoms with Crippen LogP contribution in [0.5, 0.6) is 5.75 Å². The van der Waals surface area contributed by atoms with Crippen LogP contribution in [0.25, 0.3) is 0 Å². The first-order valence-corrected chi connectivity index (χ1v) is 5.83. The predicted molar refractivity (Wildman–Crippen MR) is 69.3 cm³/mol. The Morgan fingerprint density at radius 3 is 2.19 bits per heavy atom. The van der Waals surface area contributed by atoms with Crippen molar-refractivity contribution in [1.82, 2.24) is 0 Å². The molecule has 2 aromatic rings. The van der Waals surface area contributed by atoms with Crippen LogP contribution in [0.4, 0.5) is 14.5 Å². The van der Waals surface area contributed by atoms with Crippen molar-refractivity contribution in [2.75, 3.05) is 6.61 Å². The number of hydrogen-bond donors (Lipinski definition) is 0. The molecule has 0 aliphatic heterocycles. The fourth-order valence-corrected chi connectivity index (χ4v) is 1.61. The van der Waals surface area contributed by atoms with Crippen LogP contribution in [0, 0.1) is 21.7 Å². The van der Waals surface area contributed by atoms with E-state index >= 15 is 0 Å². The molecule has 21 heavy (non-hydrogen) atoms. The van der Waals surface area contributed by atoms with Crippen molar-refractivity contribution in [2.24, 2.45) is 0 Å². The fourth-order valence-electron chi connectivity index (χ4n) is 1.61. The lowest BCUT2D eigenvalue weighted by atomic mass is 10.1. The van der Waals surface area contributed by atoms with Crippen LogP contribution in [-0.2, 0) is 0 Å². The maximum Gasteiger partial charge on any atom is 0.269 e. The Balaban J connectivity index is 2.06. The smallest absolute Gasteiger partial charge is 0.269 e. The third-order valence-electron chi connectivity index (χ3n) is 2.67. The van der Waals surface area contributed by atoms with Gasteiger partial charge in [-0.2, -0.15) is 0 Å². The number of non-ortho nitro benzene ring substituents is 1. The minimum Gasteiger partial charge on any atom is -0.479 e. The topological polar surface area (TPSA) is 69.4 Å². The Labute approximate surface area is 117 Å². The first kappa shape index (κ1) is 14.6. The second-order valence-electron chi connectivity index (χ2n) is 4.07. The Hall–Kier alpha value is -2.83. The van der Waals surface area contributed by atoms with Crippen molar-refractivity contribution in [3.05, 3.63) is 69.8 Å². The number of ether oxygens (including phenoxy) is 1. The van der Waals surface area contributed by atoms with Crippen LogP contribution < -0.4 is 4.74 Å². The van der Waals surface area contributed by atoms with Crippen LogP contribution in [-0.4, -0.2) is 17.3 Å². The van der Waals surface area contributed by atoms with Crippen molar-refractivity contribution >= 4 is 11.5 Å². The number of nitro groups is 1. The molecule has 0 aromatic heterocycles. The standard InChI is InChI=1S/C14H9F2NO4/c15-11-2-1-3-12(16)14(11)21-8-13(18)9-4-6-10(7-5-9)17(19)20/h1-7H,8H2. The molecule has 0 fully saturated rings. The van der Waals surface area contributed by atoms with E-state index in [1.165, 1.54) is 18.2 Å². The van der Waals surface area contributed by atoms with Crippen molar-refractivity contribution in [3.8, 4) is 5.75 Å². The SMILES string of the molecule is O=C(COc1c(F)cccc1F)c1ccc([N+](=O)[O-])cc1. The summed E-state index contributed by atoms with van der Waals surface area (Å²) in [6.07, 6.45) is 0. The predicted octanol–water partition coefficient (Wildman–Crippen LogP) is 3.13. The molecule has 0 atom stereocenters. The van der Waals surface area contributed by atoms with E-state index in [1.807, 2.05) is 0 Å². The third-order valence-corrected chi connectivity index (χ3v) is 2.67. The maximum atomic E-state index is 13.3. The van der Waals surface area contributed by atoms with Crippen LogP contribution >= 0.6 is 0 Å². The lowest BCUT2D eigenvalue weighted by Crippen LogP contribution is -2.13. The highest BCUT2D eigenvalue weighted by Crippen LogP contribution is 2.21. The molecule has 5 nitrogen and oxygen atoms in total. The average molecular weight is 293 g/mol. The zero-order chi connectivity index (χ0) is 15.4. The van der Waals surface area contributed by atoms with Gasteiger partial charge in [0.1, 0.15) is 0 Å². The number of halogens is 2. The van der Waals surface area contributed by atoms with E-state index in [-0.39, 0.29) is 11.3 Å². The first-order valence-electron chi connectivity index (χ1n) is 5.83. The van der Waals surface area contributed by atoms with Crippen LogP contribution in [0.15, 0.2) is 42.5 Å². The van der Waals surface area contributed by atoms with Gasteiger partial charge in [0, 0.05) is 17.7 Å². The molecule has 0 N–H and O–H groups in total. The first-order chi connectivity index (χ1) is 9.99. The summed E-state index contributed by atoms with van der Waals surface area (Å²) in [6.45, 7) is -0.574. The van der Waals surface area contributed by atoms with Crippen molar-refractivity contribution in [1.29, 1.82) is 0 Å². The Morgan fingerprint density at radius 2 is 1.67 bits per heavy atom. The minimum absolute atomic E-state index is 0.150. The molecule has 0 spiro atoms. The number of nitro benzene ring substituents is 1. The normalized spacial score (nSPS) is 10.2. The summed E-state index contributed by atoms with van der Waals surface area (Å²) < 4.78 is 31.4. The summed E-state index contributed by atoms with van der Waals surface area (Å²) in [5.74, 6) is -3.00. The number of para-hydroxylation sites is 1. The molecule has 0 bridgehead atoms. The lowest BCUT2D eigenvalue weighted by Gasteiger charge is -2.07. The molecule has 2 aromatic carbocycles. The highest BCUT2D eigenvalue weighted by atomic mass is 19.1. The number of rotatable bonds is 5. The Kier molecular flexibility index (Phi) is 4.22. The molecular weight excluding hydrogens is 284 g/mol. The summed E-state index contributed by atoms with van der Waals surface area (Å²) in [5, 5.41) is 10.5. The molecule has 0 radical (unpaired) electrons. The number of carbonyl (C=O) groups is 1. The summed E-state index contributed by atoms with van der Waals surface area (Å²) in [7, 11) is 0. The lowest BCUT2D eigenvalue weighted by molar-refractivity contribution is -0.384. The van der Waals surface area contributed by atoms with Crippen molar-refractivity contribution in [3.63, 3.8) is 0 Å². The summed E-state index contributed by atoms with van der Waals surface area (Å²) in [6, 6.07) is 8.02. The van der Waals surface area contributed by atoms with E-state index in [9.17, 15) is 23.7 Å². The molecule has 0 unspecified atom stereocenters. The van der Waals surface area contributed by atoms with Gasteiger partial charge in [-0.25, -0.2) is 8.78 Å². The van der Waals surface area contributed by atoms with Gasteiger partial charge in [-0.15, -0.1) is 0 Å². The van der Waals surface area contributed by atoms with E-state index in [0.717, 1.165) is 24.3 Å². The second-order valence-corrected chi connectivity index (χ2v) is 4.07. The van der Waals surface area contributed by atoms with Gasteiger partial charge < -0.3 is 4.74 Å². The molecule has 0 saturated heterocycles. The van der Waals surface area contributed by atoms with Crippen LogP contribution in [0.3, 0.4) is 0 Å². The van der Waals surface area contributed by atoms with Gasteiger partial charge in [-0.1, -0.05) is 6.07 Å². The Bertz CT molecular complexity index is 666. The molecule has 0 heterocycles. The fraction of sp³-hybridized carbons (Fsp3) is 0.0714. The number of hydrogen-bond acceptors (Lipinski definition) is 4. The zero-order valence-corrected chi connectivity index (χ0v) is 10.6. The molecule has 0 aliphatic rings. The van der Waals surface area contributed by atoms with Gasteiger partial charge in [-0.3, -0.25) is 14.9 Å². The third kappa shape index (κ3) is 3.38. The molecule has 7 heteroatoms. The number of Topliss-reactive ketones (excluding diaryl/α,β-unsaturated/α-hetero) is 1. The largest absolute Gasteiger partial charge is 0.479 e.